The molecule has 1 fully saturated rings. The molecule has 1 amide bonds. The van der Waals surface area contributed by atoms with Crippen LogP contribution in [0, 0.1) is 0 Å². The normalized spacial score (nSPS) is 14.7. The first-order valence-corrected chi connectivity index (χ1v) is 8.68. The van der Waals surface area contributed by atoms with Crippen LogP contribution in [0.1, 0.15) is 12.5 Å². The van der Waals surface area contributed by atoms with Gasteiger partial charge in [-0.15, -0.1) is 0 Å². The Hall–Kier alpha value is -3.14. The van der Waals surface area contributed by atoms with Gasteiger partial charge in [0.25, 0.3) is 5.91 Å². The molecule has 1 heterocycles. The van der Waals surface area contributed by atoms with Crippen LogP contribution in [-0.2, 0) is 23.9 Å². The summed E-state index contributed by atoms with van der Waals surface area (Å²) in [4.78, 5) is 36.4. The minimum Gasteiger partial charge on any atom is -0.493 e. The van der Waals surface area contributed by atoms with Crippen LogP contribution in [0.25, 0.3) is 6.08 Å². The van der Waals surface area contributed by atoms with Crippen molar-refractivity contribution in [3.05, 3.63) is 29.5 Å². The van der Waals surface area contributed by atoms with Crippen molar-refractivity contribution >= 4 is 41.3 Å². The summed E-state index contributed by atoms with van der Waals surface area (Å²) in [6.45, 7) is 1.45. The molecule has 28 heavy (non-hydrogen) atoms. The van der Waals surface area contributed by atoms with Gasteiger partial charge in [0.15, 0.2) is 23.2 Å². The Morgan fingerprint density at radius 3 is 2.61 bits per heavy atom. The fourth-order valence-electron chi connectivity index (χ4n) is 2.31. The maximum atomic E-state index is 12.4. The molecule has 9 nitrogen and oxygen atoms in total. The van der Waals surface area contributed by atoms with Gasteiger partial charge in [-0.05, 0) is 42.9 Å². The summed E-state index contributed by atoms with van der Waals surface area (Å²) in [5, 5.41) is 2.88. The highest BCUT2D eigenvalue weighted by Gasteiger charge is 2.32. The Bertz CT molecular complexity index is 822. The molecule has 0 atom stereocenters. The molecule has 150 valence electrons. The summed E-state index contributed by atoms with van der Waals surface area (Å²) >= 11 is 5.08. The van der Waals surface area contributed by atoms with Crippen LogP contribution in [0.3, 0.4) is 0 Å². The number of hydrogen-bond acceptors (Lipinski definition) is 8. The van der Waals surface area contributed by atoms with Gasteiger partial charge >= 0.3 is 11.9 Å². The number of methoxy groups -OCH3 is 2. The number of carbonyl (C=O) groups is 3. The van der Waals surface area contributed by atoms with E-state index in [2.05, 4.69) is 10.1 Å². The summed E-state index contributed by atoms with van der Waals surface area (Å²) in [6.07, 6.45) is 1.56. The molecule has 1 saturated heterocycles. The summed E-state index contributed by atoms with van der Waals surface area (Å²) in [5.41, 5.74) is 0.829. The third-order valence-electron chi connectivity index (χ3n) is 3.63. The lowest BCUT2D eigenvalue weighted by Crippen LogP contribution is -2.35. The van der Waals surface area contributed by atoms with Crippen molar-refractivity contribution in [3.8, 4) is 11.5 Å². The van der Waals surface area contributed by atoms with E-state index in [1.54, 1.807) is 31.2 Å². The molecule has 10 heteroatoms. The predicted molar refractivity (Wildman–Crippen MR) is 103 cm³/mol. The largest absolute Gasteiger partial charge is 0.493 e. The van der Waals surface area contributed by atoms with E-state index in [9.17, 15) is 14.4 Å². The maximum absolute atomic E-state index is 12.4. The molecule has 0 bridgehead atoms. The van der Waals surface area contributed by atoms with Crippen molar-refractivity contribution in [1.82, 2.24) is 10.2 Å². The van der Waals surface area contributed by atoms with E-state index in [4.69, 9.17) is 26.4 Å². The van der Waals surface area contributed by atoms with Crippen LogP contribution in [0.15, 0.2) is 23.9 Å². The predicted octanol–water partition coefficient (Wildman–Crippen LogP) is 0.868. The second-order valence-electron chi connectivity index (χ2n) is 5.46. The van der Waals surface area contributed by atoms with E-state index < -0.39 is 17.8 Å². The first-order chi connectivity index (χ1) is 13.4. The van der Waals surface area contributed by atoms with Gasteiger partial charge in [-0.2, -0.15) is 0 Å². The molecular formula is C18H20N2O7S. The van der Waals surface area contributed by atoms with Crippen molar-refractivity contribution in [2.75, 3.05) is 34.0 Å². The van der Waals surface area contributed by atoms with Crippen LogP contribution in [-0.4, -0.2) is 61.8 Å². The van der Waals surface area contributed by atoms with Crippen LogP contribution >= 0.6 is 12.2 Å². The number of rotatable bonds is 8. The molecule has 1 N–H and O–H groups in total. The number of amides is 1. The molecule has 0 unspecified atom stereocenters. The highest BCUT2D eigenvalue weighted by atomic mass is 32.1. The van der Waals surface area contributed by atoms with Crippen LogP contribution < -0.4 is 14.8 Å². The van der Waals surface area contributed by atoms with Crippen molar-refractivity contribution < 1.29 is 33.3 Å². The Morgan fingerprint density at radius 2 is 1.96 bits per heavy atom. The maximum Gasteiger partial charge on any atom is 0.344 e. The molecule has 0 saturated carbocycles. The minimum absolute atomic E-state index is 0.114. The Kier molecular flexibility index (Phi) is 7.33. The van der Waals surface area contributed by atoms with Crippen molar-refractivity contribution in [3.63, 3.8) is 0 Å². The molecule has 0 aromatic heterocycles. The highest BCUT2D eigenvalue weighted by Crippen LogP contribution is 2.29. The first-order valence-electron chi connectivity index (χ1n) is 8.27. The van der Waals surface area contributed by atoms with Crippen LogP contribution in [0.5, 0.6) is 11.5 Å². The third kappa shape index (κ3) is 5.19. The molecule has 1 aliphatic rings. The Balaban J connectivity index is 2.15. The topological polar surface area (TPSA) is 103 Å². The number of thiocarbonyl (C=S) groups is 1. The lowest BCUT2D eigenvalue weighted by Gasteiger charge is -2.11. The number of nitrogens with one attached hydrogen (secondary N) is 1. The summed E-state index contributed by atoms with van der Waals surface area (Å²) in [6, 6.07) is 4.92. The quantitative estimate of drug-likeness (QED) is 0.381. The number of ether oxygens (including phenoxy) is 4. The number of nitrogens with zero attached hydrogens (tertiary/aromatic N) is 1. The molecular weight excluding hydrogens is 388 g/mol. The standard InChI is InChI=1S/C18H20N2O7S/c1-4-26-16(22)10-27-13-6-5-11(8-14(13)24-2)7-12-17(23)20(18(28)19-12)9-15(21)25-3/h5-8H,4,9-10H2,1-3H3,(H,19,28)/b12-7-. The number of carbonyl (C=O) groups excluding carboxylic acids is 3. The van der Waals surface area contributed by atoms with E-state index in [-0.39, 0.29) is 30.6 Å². The van der Waals surface area contributed by atoms with Gasteiger partial charge in [0.05, 0.1) is 20.8 Å². The smallest absolute Gasteiger partial charge is 0.344 e. The Labute approximate surface area is 167 Å². The van der Waals surface area contributed by atoms with E-state index in [1.807, 2.05) is 0 Å². The number of benzene rings is 1. The van der Waals surface area contributed by atoms with Crippen LogP contribution in [0.4, 0.5) is 0 Å². The van der Waals surface area contributed by atoms with Gasteiger partial charge in [-0.3, -0.25) is 14.5 Å². The van der Waals surface area contributed by atoms with Gasteiger partial charge in [0.2, 0.25) is 0 Å². The van der Waals surface area contributed by atoms with E-state index >= 15 is 0 Å². The monoisotopic (exact) mass is 408 g/mol. The number of esters is 2. The Morgan fingerprint density at radius 1 is 1.21 bits per heavy atom. The molecule has 0 radical (unpaired) electrons. The molecule has 1 aromatic carbocycles. The van der Waals surface area contributed by atoms with Crippen molar-refractivity contribution in [1.29, 1.82) is 0 Å². The lowest BCUT2D eigenvalue weighted by atomic mass is 10.1. The van der Waals surface area contributed by atoms with Crippen molar-refractivity contribution in [2.24, 2.45) is 0 Å². The zero-order chi connectivity index (χ0) is 20.7. The van der Waals surface area contributed by atoms with Gasteiger partial charge < -0.3 is 24.3 Å². The average Bonchev–Trinajstić information content (AvgIpc) is 2.94. The zero-order valence-electron chi connectivity index (χ0n) is 15.6. The van der Waals surface area contributed by atoms with E-state index in [1.165, 1.54) is 14.2 Å². The van der Waals surface area contributed by atoms with Gasteiger partial charge in [-0.1, -0.05) is 6.07 Å². The summed E-state index contributed by atoms with van der Waals surface area (Å²) in [5.74, 6) is -0.791. The SMILES string of the molecule is CCOC(=O)COc1ccc(/C=C2\NC(=S)N(CC(=O)OC)C2=O)cc1OC. The molecule has 1 aromatic rings. The number of hydrogen-bond donors (Lipinski definition) is 1. The van der Waals surface area contributed by atoms with Crippen molar-refractivity contribution in [2.45, 2.75) is 6.92 Å². The van der Waals surface area contributed by atoms with Gasteiger partial charge in [0, 0.05) is 0 Å². The molecule has 1 aliphatic heterocycles. The first kappa shape index (κ1) is 21.2. The van der Waals surface area contributed by atoms with Gasteiger partial charge in [0.1, 0.15) is 12.2 Å². The highest BCUT2D eigenvalue weighted by molar-refractivity contribution is 7.80. The zero-order valence-corrected chi connectivity index (χ0v) is 16.5. The molecule has 2 rings (SSSR count). The second-order valence-corrected chi connectivity index (χ2v) is 5.85. The second kappa shape index (κ2) is 9.70. The summed E-state index contributed by atoms with van der Waals surface area (Å²) < 4.78 is 20.0. The molecule has 0 spiro atoms. The fourth-order valence-corrected chi connectivity index (χ4v) is 2.57. The van der Waals surface area contributed by atoms with E-state index in [0.29, 0.717) is 17.1 Å². The minimum atomic E-state index is -0.580. The fraction of sp³-hybridized carbons (Fsp3) is 0.333. The van der Waals surface area contributed by atoms with Crippen LogP contribution in [0.2, 0.25) is 0 Å². The average molecular weight is 408 g/mol. The molecule has 0 aliphatic carbocycles. The van der Waals surface area contributed by atoms with Gasteiger partial charge in [-0.25, -0.2) is 4.79 Å². The van der Waals surface area contributed by atoms with E-state index in [0.717, 1.165) is 4.90 Å². The third-order valence-corrected chi connectivity index (χ3v) is 3.95. The lowest BCUT2D eigenvalue weighted by molar-refractivity contribution is -0.145. The summed E-state index contributed by atoms with van der Waals surface area (Å²) in [7, 11) is 2.68.